The van der Waals surface area contributed by atoms with Crippen LogP contribution in [0.2, 0.25) is 5.02 Å². The fourth-order valence-electron chi connectivity index (χ4n) is 4.00. The Morgan fingerprint density at radius 1 is 1.26 bits per heavy atom. The zero-order valence-corrected chi connectivity index (χ0v) is 19.6. The largest absolute Gasteiger partial charge is 0.416 e. The maximum Gasteiger partial charge on any atom is 0.416 e. The average Bonchev–Trinajstić information content (AvgIpc) is 3.07. The van der Waals surface area contributed by atoms with Gasteiger partial charge in [-0.15, -0.1) is 0 Å². The van der Waals surface area contributed by atoms with Gasteiger partial charge >= 0.3 is 6.18 Å². The van der Waals surface area contributed by atoms with E-state index in [0.29, 0.717) is 5.92 Å². The van der Waals surface area contributed by atoms with E-state index in [-0.39, 0.29) is 16.6 Å². The first kappa shape index (κ1) is 24.1. The minimum atomic E-state index is -4.52. The zero-order valence-electron chi connectivity index (χ0n) is 17.3. The maximum absolute atomic E-state index is 12.9. The summed E-state index contributed by atoms with van der Waals surface area (Å²) in [6, 6.07) is 2.74. The highest BCUT2D eigenvalue weighted by atomic mass is 79.9. The van der Waals surface area contributed by atoms with Crippen molar-refractivity contribution in [1.29, 1.82) is 0 Å². The van der Waals surface area contributed by atoms with Gasteiger partial charge in [0.1, 0.15) is 5.84 Å². The third-order valence-electron chi connectivity index (χ3n) is 5.78. The monoisotopic (exact) mass is 519 g/mol. The molecule has 0 bridgehead atoms. The van der Waals surface area contributed by atoms with Gasteiger partial charge in [0.15, 0.2) is 0 Å². The van der Waals surface area contributed by atoms with E-state index < -0.39 is 17.6 Å². The highest BCUT2D eigenvalue weighted by molar-refractivity contribution is 9.12. The van der Waals surface area contributed by atoms with Crippen molar-refractivity contribution in [3.63, 3.8) is 0 Å². The Labute approximate surface area is 193 Å². The van der Waals surface area contributed by atoms with Crippen LogP contribution >= 0.6 is 27.5 Å². The van der Waals surface area contributed by atoms with Crippen molar-refractivity contribution in [1.82, 2.24) is 10.6 Å². The van der Waals surface area contributed by atoms with Crippen LogP contribution in [0.1, 0.15) is 61.4 Å². The number of hydrogen-bond acceptors (Lipinski definition) is 3. The molecule has 0 saturated heterocycles. The van der Waals surface area contributed by atoms with Crippen LogP contribution in [-0.2, 0) is 6.18 Å². The Morgan fingerprint density at radius 3 is 2.61 bits per heavy atom. The van der Waals surface area contributed by atoms with Gasteiger partial charge in [0.2, 0.25) is 0 Å². The summed E-state index contributed by atoms with van der Waals surface area (Å²) in [5.41, 5.74) is 0.303. The van der Waals surface area contributed by atoms with E-state index in [1.807, 2.05) is 0 Å². The van der Waals surface area contributed by atoms with E-state index in [2.05, 4.69) is 38.5 Å². The van der Waals surface area contributed by atoms with Crippen LogP contribution in [0.25, 0.3) is 0 Å². The van der Waals surface area contributed by atoms with E-state index in [1.54, 1.807) is 0 Å². The van der Waals surface area contributed by atoms with Gasteiger partial charge in [-0.1, -0.05) is 24.9 Å². The van der Waals surface area contributed by atoms with Crippen molar-refractivity contribution in [2.45, 2.75) is 57.7 Å². The van der Waals surface area contributed by atoms with Crippen LogP contribution in [0.3, 0.4) is 0 Å². The first-order valence-corrected chi connectivity index (χ1v) is 11.7. The van der Waals surface area contributed by atoms with Crippen LogP contribution < -0.4 is 10.6 Å². The van der Waals surface area contributed by atoms with E-state index in [4.69, 9.17) is 11.6 Å². The molecule has 1 aromatic carbocycles. The van der Waals surface area contributed by atoms with E-state index in [9.17, 15) is 18.0 Å². The molecule has 0 atom stereocenters. The van der Waals surface area contributed by atoms with Gasteiger partial charge in [-0.2, -0.15) is 13.2 Å². The molecule has 0 aromatic heterocycles. The van der Waals surface area contributed by atoms with Crippen LogP contribution in [0, 0.1) is 5.92 Å². The molecule has 3 rings (SSSR count). The third kappa shape index (κ3) is 6.25. The standard InChI is InChI=1S/C22H26BrClF3N3O/c1-2-3-14-12-29-20(19(14)23)28-11-13-4-7-16(8-5-13)30-21(31)17-10-15(22(25,26)27)6-9-18(17)24/h6,9-10,13,16H,2-5,7-8,11-12H2,1H3,(H,28,29)(H,30,31). The molecule has 170 valence electrons. The Balaban J connectivity index is 1.48. The molecule has 1 heterocycles. The smallest absolute Gasteiger partial charge is 0.369 e. The maximum atomic E-state index is 12.9. The number of alkyl halides is 3. The summed E-state index contributed by atoms with van der Waals surface area (Å²) >= 11 is 9.61. The summed E-state index contributed by atoms with van der Waals surface area (Å²) in [5, 5.41) is 6.30. The highest BCUT2D eigenvalue weighted by Crippen LogP contribution is 2.32. The number of halogens is 5. The minimum Gasteiger partial charge on any atom is -0.369 e. The summed E-state index contributed by atoms with van der Waals surface area (Å²) < 4.78 is 39.9. The number of hydrogen-bond donors (Lipinski definition) is 2. The second-order valence-electron chi connectivity index (χ2n) is 8.10. The molecule has 0 radical (unpaired) electrons. The molecule has 0 unspecified atom stereocenters. The first-order valence-electron chi connectivity index (χ1n) is 10.5. The van der Waals surface area contributed by atoms with E-state index >= 15 is 0 Å². The predicted octanol–water partition coefficient (Wildman–Crippen LogP) is 6.10. The topological polar surface area (TPSA) is 53.5 Å². The van der Waals surface area contributed by atoms with Crippen molar-refractivity contribution in [2.24, 2.45) is 10.9 Å². The average molecular weight is 521 g/mol. The summed E-state index contributed by atoms with van der Waals surface area (Å²) in [6.07, 6.45) is 1.01. The van der Waals surface area contributed by atoms with Crippen molar-refractivity contribution in [3.8, 4) is 0 Å². The lowest BCUT2D eigenvalue weighted by atomic mass is 9.86. The molecule has 2 aliphatic rings. The molecule has 1 aliphatic heterocycles. The lowest BCUT2D eigenvalue weighted by Gasteiger charge is -2.29. The van der Waals surface area contributed by atoms with Crippen molar-refractivity contribution in [3.05, 3.63) is 44.4 Å². The third-order valence-corrected chi connectivity index (χ3v) is 7.04. The molecule has 1 amide bonds. The van der Waals surface area contributed by atoms with Gasteiger partial charge in [-0.25, -0.2) is 0 Å². The molecular formula is C22H26BrClF3N3O. The predicted molar refractivity (Wildman–Crippen MR) is 121 cm³/mol. The van der Waals surface area contributed by atoms with Crippen molar-refractivity contribution in [2.75, 3.05) is 13.1 Å². The fraction of sp³-hybridized carbons (Fsp3) is 0.545. The molecule has 1 fully saturated rings. The number of aliphatic imine (C=N–C) groups is 1. The number of rotatable bonds is 6. The summed E-state index contributed by atoms with van der Waals surface area (Å²) in [5.74, 6) is 0.817. The van der Waals surface area contributed by atoms with Gasteiger partial charge in [-0.3, -0.25) is 9.79 Å². The summed E-state index contributed by atoms with van der Waals surface area (Å²) in [7, 11) is 0. The fourth-order valence-corrected chi connectivity index (χ4v) is 4.79. The normalized spacial score (nSPS) is 21.8. The van der Waals surface area contributed by atoms with Gasteiger partial charge in [0.25, 0.3) is 5.91 Å². The molecule has 0 spiro atoms. The number of amidine groups is 1. The lowest BCUT2D eigenvalue weighted by molar-refractivity contribution is -0.137. The van der Waals surface area contributed by atoms with Gasteiger partial charge in [0.05, 0.1) is 27.2 Å². The van der Waals surface area contributed by atoms with E-state index in [0.717, 1.165) is 80.1 Å². The van der Waals surface area contributed by atoms with E-state index in [1.165, 1.54) is 5.57 Å². The van der Waals surface area contributed by atoms with Crippen LogP contribution in [0.4, 0.5) is 13.2 Å². The summed E-state index contributed by atoms with van der Waals surface area (Å²) in [4.78, 5) is 17.1. The SMILES string of the molecule is CCCC1=C(Br)C(NCC2CCC(NC(=O)c3cc(C(F)(F)F)ccc3Cl)CC2)=NC1. The number of nitrogens with one attached hydrogen (secondary N) is 2. The molecule has 1 aliphatic carbocycles. The number of amides is 1. The number of carbonyl (C=O) groups excluding carboxylic acids is 1. The van der Waals surface area contributed by atoms with Gasteiger partial charge in [0, 0.05) is 12.6 Å². The second kappa shape index (κ2) is 10.4. The molecule has 1 aromatic rings. The molecule has 1 saturated carbocycles. The Kier molecular flexibility index (Phi) is 8.08. The number of benzene rings is 1. The number of nitrogens with zero attached hydrogens (tertiary/aromatic N) is 1. The Bertz CT molecular complexity index is 877. The van der Waals surface area contributed by atoms with Crippen LogP contribution in [0.15, 0.2) is 33.2 Å². The number of carbonyl (C=O) groups is 1. The summed E-state index contributed by atoms with van der Waals surface area (Å²) in [6.45, 7) is 3.71. The van der Waals surface area contributed by atoms with Crippen LogP contribution in [-0.4, -0.2) is 30.9 Å². The van der Waals surface area contributed by atoms with Crippen molar-refractivity contribution < 1.29 is 18.0 Å². The minimum absolute atomic E-state index is 0.0156. The highest BCUT2D eigenvalue weighted by Gasteiger charge is 2.32. The van der Waals surface area contributed by atoms with Crippen molar-refractivity contribution >= 4 is 39.3 Å². The molecule has 2 N–H and O–H groups in total. The lowest BCUT2D eigenvalue weighted by Crippen LogP contribution is -2.39. The van der Waals surface area contributed by atoms with Crippen LogP contribution in [0.5, 0.6) is 0 Å². The molecule has 9 heteroatoms. The van der Waals surface area contributed by atoms with Gasteiger partial charge < -0.3 is 10.6 Å². The molecular weight excluding hydrogens is 495 g/mol. The molecule has 4 nitrogen and oxygen atoms in total. The Hall–Kier alpha value is -1.54. The molecule has 31 heavy (non-hydrogen) atoms. The van der Waals surface area contributed by atoms with Gasteiger partial charge in [-0.05, 0) is 77.7 Å². The second-order valence-corrected chi connectivity index (χ2v) is 9.30. The first-order chi connectivity index (χ1) is 14.7. The Morgan fingerprint density at radius 2 is 1.97 bits per heavy atom. The quantitative estimate of drug-likeness (QED) is 0.476. The zero-order chi connectivity index (χ0) is 22.6.